The van der Waals surface area contributed by atoms with E-state index in [0.717, 1.165) is 22.3 Å². The minimum atomic E-state index is 0.946. The molecule has 2 aromatic rings. The van der Waals surface area contributed by atoms with Crippen molar-refractivity contribution < 1.29 is 0 Å². The van der Waals surface area contributed by atoms with Crippen LogP contribution in [0, 0.1) is 6.92 Å². The second-order valence-electron chi connectivity index (χ2n) is 4.67. The molecule has 0 amide bonds. The largest absolute Gasteiger partial charge is 0.335 e. The Hall–Kier alpha value is -2.00. The molecule has 1 aliphatic rings. The van der Waals surface area contributed by atoms with Crippen LogP contribution in [-0.4, -0.2) is 10.9 Å². The number of anilines is 1. The molecular formula is C17H16N2S. The zero-order valence-electron chi connectivity index (χ0n) is 11.3. The highest BCUT2D eigenvalue weighted by Crippen LogP contribution is 2.25. The van der Waals surface area contributed by atoms with Crippen LogP contribution in [-0.2, 0) is 0 Å². The van der Waals surface area contributed by atoms with Crippen molar-refractivity contribution in [3.05, 3.63) is 71.8 Å². The van der Waals surface area contributed by atoms with Gasteiger partial charge >= 0.3 is 0 Å². The van der Waals surface area contributed by atoms with E-state index in [1.54, 1.807) is 11.8 Å². The van der Waals surface area contributed by atoms with E-state index in [1.165, 1.54) is 11.1 Å². The predicted molar refractivity (Wildman–Crippen MR) is 89.1 cm³/mol. The molecule has 2 aromatic carbocycles. The van der Waals surface area contributed by atoms with Crippen LogP contribution in [0.25, 0.3) is 5.70 Å². The normalized spacial score (nSPS) is 14.4. The maximum Gasteiger partial charge on any atom is 0.166 e. The number of amidine groups is 1. The number of nitrogens with zero attached hydrogens (tertiary/aromatic N) is 1. The van der Waals surface area contributed by atoms with Crippen molar-refractivity contribution in [2.24, 2.45) is 4.99 Å². The lowest BCUT2D eigenvalue weighted by molar-refractivity contribution is 1.42. The minimum Gasteiger partial charge on any atom is -0.335 e. The van der Waals surface area contributed by atoms with Gasteiger partial charge in [0.15, 0.2) is 5.17 Å². The quantitative estimate of drug-likeness (QED) is 0.872. The monoisotopic (exact) mass is 280 g/mol. The highest BCUT2D eigenvalue weighted by molar-refractivity contribution is 8.14. The Morgan fingerprint density at radius 3 is 2.50 bits per heavy atom. The van der Waals surface area contributed by atoms with E-state index in [9.17, 15) is 0 Å². The molecule has 20 heavy (non-hydrogen) atoms. The van der Waals surface area contributed by atoms with Crippen molar-refractivity contribution in [1.29, 1.82) is 0 Å². The minimum absolute atomic E-state index is 0.946. The summed E-state index contributed by atoms with van der Waals surface area (Å²) >= 11 is 1.72. The number of benzene rings is 2. The van der Waals surface area contributed by atoms with Gasteiger partial charge in [0.1, 0.15) is 0 Å². The Balaban J connectivity index is 1.80. The van der Waals surface area contributed by atoms with Crippen molar-refractivity contribution in [3.8, 4) is 0 Å². The third kappa shape index (κ3) is 3.11. The van der Waals surface area contributed by atoms with E-state index >= 15 is 0 Å². The summed E-state index contributed by atoms with van der Waals surface area (Å²) in [6, 6.07) is 18.6. The van der Waals surface area contributed by atoms with Gasteiger partial charge < -0.3 is 5.32 Å². The summed E-state index contributed by atoms with van der Waals surface area (Å²) in [7, 11) is 0. The van der Waals surface area contributed by atoms with Crippen molar-refractivity contribution in [2.45, 2.75) is 6.92 Å². The molecule has 0 fully saturated rings. The van der Waals surface area contributed by atoms with Crippen LogP contribution in [0.1, 0.15) is 11.1 Å². The number of aliphatic imine (C=N–C) groups is 1. The van der Waals surface area contributed by atoms with Gasteiger partial charge in [0.25, 0.3) is 0 Å². The Bertz CT molecular complexity index is 642. The number of aryl methyl sites for hydroxylation is 1. The van der Waals surface area contributed by atoms with Crippen molar-refractivity contribution in [2.75, 3.05) is 11.1 Å². The highest BCUT2D eigenvalue weighted by Gasteiger charge is 2.09. The number of thioether (sulfide) groups is 1. The average Bonchev–Trinajstić information content (AvgIpc) is 2.49. The number of para-hydroxylation sites is 1. The van der Waals surface area contributed by atoms with Crippen LogP contribution in [0.15, 0.2) is 65.7 Å². The summed E-state index contributed by atoms with van der Waals surface area (Å²) in [6.07, 6.45) is 2.17. The summed E-state index contributed by atoms with van der Waals surface area (Å²) in [5.74, 6) is 0.946. The van der Waals surface area contributed by atoms with E-state index in [0.29, 0.717) is 0 Å². The SMILES string of the molecule is Cc1ccc(C2=CCSC(Nc3ccccc3)=N2)cc1. The van der Waals surface area contributed by atoms with Gasteiger partial charge in [0.2, 0.25) is 0 Å². The molecule has 0 radical (unpaired) electrons. The molecule has 100 valence electrons. The zero-order chi connectivity index (χ0) is 13.8. The first kappa shape index (κ1) is 13.0. The fraction of sp³-hybridized carbons (Fsp3) is 0.118. The molecule has 0 spiro atoms. The molecule has 0 aliphatic carbocycles. The number of rotatable bonds is 2. The van der Waals surface area contributed by atoms with Crippen molar-refractivity contribution in [1.82, 2.24) is 0 Å². The van der Waals surface area contributed by atoms with Crippen LogP contribution in [0.5, 0.6) is 0 Å². The first-order valence-electron chi connectivity index (χ1n) is 6.62. The first-order chi connectivity index (χ1) is 9.81. The number of nitrogens with one attached hydrogen (secondary N) is 1. The third-order valence-corrected chi connectivity index (χ3v) is 3.89. The summed E-state index contributed by atoms with van der Waals surface area (Å²) in [4.78, 5) is 4.71. The van der Waals surface area contributed by atoms with Crippen LogP contribution < -0.4 is 5.32 Å². The summed E-state index contributed by atoms with van der Waals surface area (Å²) in [5.41, 5.74) is 4.56. The summed E-state index contributed by atoms with van der Waals surface area (Å²) in [6.45, 7) is 2.10. The Morgan fingerprint density at radius 2 is 1.75 bits per heavy atom. The number of hydrogen-bond donors (Lipinski definition) is 1. The van der Waals surface area contributed by atoms with Crippen LogP contribution in [0.3, 0.4) is 0 Å². The number of hydrogen-bond acceptors (Lipinski definition) is 3. The maximum absolute atomic E-state index is 4.71. The van der Waals surface area contributed by atoms with E-state index in [2.05, 4.69) is 42.6 Å². The fourth-order valence-corrected chi connectivity index (χ4v) is 2.75. The van der Waals surface area contributed by atoms with Gasteiger partial charge in [-0.2, -0.15) is 0 Å². The molecule has 3 rings (SSSR count). The van der Waals surface area contributed by atoms with E-state index in [1.807, 2.05) is 30.3 Å². The second-order valence-corrected chi connectivity index (χ2v) is 5.68. The van der Waals surface area contributed by atoms with E-state index in [-0.39, 0.29) is 0 Å². The zero-order valence-corrected chi connectivity index (χ0v) is 12.2. The molecule has 2 nitrogen and oxygen atoms in total. The lowest BCUT2D eigenvalue weighted by Gasteiger charge is -2.14. The smallest absolute Gasteiger partial charge is 0.166 e. The lowest BCUT2D eigenvalue weighted by Crippen LogP contribution is -2.11. The maximum atomic E-state index is 4.71. The molecular weight excluding hydrogens is 264 g/mol. The average molecular weight is 280 g/mol. The van der Waals surface area contributed by atoms with Gasteiger partial charge in [-0.3, -0.25) is 0 Å². The molecule has 1 aliphatic heterocycles. The standard InChI is InChI=1S/C17H16N2S/c1-13-7-9-14(10-8-13)16-11-12-20-17(19-16)18-15-5-3-2-4-6-15/h2-11H,12H2,1H3,(H,18,19). The molecule has 0 saturated heterocycles. The molecule has 0 bridgehead atoms. The Labute approximate surface area is 123 Å². The van der Waals surface area contributed by atoms with E-state index in [4.69, 9.17) is 4.99 Å². The van der Waals surface area contributed by atoms with E-state index < -0.39 is 0 Å². The van der Waals surface area contributed by atoms with Gasteiger partial charge in [-0.1, -0.05) is 59.8 Å². The summed E-state index contributed by atoms with van der Waals surface area (Å²) < 4.78 is 0. The van der Waals surface area contributed by atoms with Gasteiger partial charge in [-0.25, -0.2) is 4.99 Å². The van der Waals surface area contributed by atoms with Crippen molar-refractivity contribution >= 4 is 28.3 Å². The third-order valence-electron chi connectivity index (χ3n) is 3.09. The highest BCUT2D eigenvalue weighted by atomic mass is 32.2. The molecule has 0 atom stereocenters. The Kier molecular flexibility index (Phi) is 3.88. The van der Waals surface area contributed by atoms with Gasteiger partial charge in [0, 0.05) is 11.4 Å². The molecule has 3 heteroatoms. The first-order valence-corrected chi connectivity index (χ1v) is 7.60. The van der Waals surface area contributed by atoms with Gasteiger partial charge in [-0.05, 0) is 30.7 Å². The molecule has 0 saturated carbocycles. The topological polar surface area (TPSA) is 24.4 Å². The molecule has 1 heterocycles. The van der Waals surface area contributed by atoms with Crippen LogP contribution >= 0.6 is 11.8 Å². The lowest BCUT2D eigenvalue weighted by atomic mass is 10.1. The molecule has 1 N–H and O–H groups in total. The van der Waals surface area contributed by atoms with Crippen molar-refractivity contribution in [3.63, 3.8) is 0 Å². The van der Waals surface area contributed by atoms with Crippen LogP contribution in [0.4, 0.5) is 5.69 Å². The predicted octanol–water partition coefficient (Wildman–Crippen LogP) is 4.55. The van der Waals surface area contributed by atoms with Gasteiger partial charge in [0.05, 0.1) is 5.70 Å². The van der Waals surface area contributed by atoms with Gasteiger partial charge in [-0.15, -0.1) is 0 Å². The second kappa shape index (κ2) is 5.97. The molecule has 0 unspecified atom stereocenters. The fourth-order valence-electron chi connectivity index (χ4n) is 2.00. The summed E-state index contributed by atoms with van der Waals surface area (Å²) in [5, 5.41) is 4.32. The van der Waals surface area contributed by atoms with Crippen LogP contribution in [0.2, 0.25) is 0 Å². The molecule has 0 aromatic heterocycles. The Morgan fingerprint density at radius 1 is 1.00 bits per heavy atom.